The van der Waals surface area contributed by atoms with Gasteiger partial charge in [-0.1, -0.05) is 30.3 Å². The summed E-state index contributed by atoms with van der Waals surface area (Å²) in [6.45, 7) is -0.0168. The van der Waals surface area contributed by atoms with Gasteiger partial charge in [-0.2, -0.15) is 0 Å². The number of aromatic nitrogens is 2. The lowest BCUT2D eigenvalue weighted by Gasteiger charge is -2.34. The topological polar surface area (TPSA) is 75.2 Å². The third-order valence-electron chi connectivity index (χ3n) is 3.13. The Morgan fingerprint density at radius 2 is 1.80 bits per heavy atom. The number of amides is 2. The van der Waals surface area contributed by atoms with Crippen molar-refractivity contribution in [2.45, 2.75) is 6.04 Å². The van der Waals surface area contributed by atoms with E-state index >= 15 is 0 Å². The lowest BCUT2D eigenvalue weighted by molar-refractivity contribution is -0.131. The van der Waals surface area contributed by atoms with E-state index in [0.717, 1.165) is 5.56 Å². The number of hydrogen-bond acceptors (Lipinski definition) is 4. The second-order valence-corrected chi connectivity index (χ2v) is 4.39. The Kier molecular flexibility index (Phi) is 3.12. The summed E-state index contributed by atoms with van der Waals surface area (Å²) in [6, 6.07) is 8.48. The molecule has 2 amide bonds. The molecule has 6 heteroatoms. The molecule has 1 atom stereocenters. The van der Waals surface area contributed by atoms with Crippen molar-refractivity contribution >= 4 is 17.5 Å². The Morgan fingerprint density at radius 3 is 2.50 bits per heavy atom. The van der Waals surface area contributed by atoms with E-state index in [1.54, 1.807) is 0 Å². The van der Waals surface area contributed by atoms with Crippen LogP contribution in [0.5, 0.6) is 0 Å². The minimum absolute atomic E-state index is 0.0168. The number of anilines is 1. The smallest absolute Gasteiger partial charge is 0.248 e. The van der Waals surface area contributed by atoms with Gasteiger partial charge in [-0.05, 0) is 5.56 Å². The van der Waals surface area contributed by atoms with E-state index in [2.05, 4.69) is 15.3 Å². The van der Waals surface area contributed by atoms with Crippen LogP contribution in [-0.4, -0.2) is 28.3 Å². The van der Waals surface area contributed by atoms with Crippen molar-refractivity contribution in [3.05, 3.63) is 54.6 Å². The molecule has 1 aliphatic heterocycles. The van der Waals surface area contributed by atoms with E-state index in [4.69, 9.17) is 0 Å². The number of hydrogen-bond donors (Lipinski definition) is 1. The molecule has 0 spiro atoms. The van der Waals surface area contributed by atoms with Gasteiger partial charge in [-0.3, -0.25) is 14.5 Å². The summed E-state index contributed by atoms with van der Waals surface area (Å²) in [6.07, 6.45) is 4.44. The first-order valence-corrected chi connectivity index (χ1v) is 6.17. The van der Waals surface area contributed by atoms with Gasteiger partial charge >= 0.3 is 0 Å². The first-order chi connectivity index (χ1) is 9.77. The molecule has 0 bridgehead atoms. The van der Waals surface area contributed by atoms with Crippen LogP contribution in [0.4, 0.5) is 5.69 Å². The lowest BCUT2D eigenvalue weighted by Crippen LogP contribution is -2.53. The van der Waals surface area contributed by atoms with Crippen molar-refractivity contribution in [2.75, 3.05) is 11.4 Å². The van der Waals surface area contributed by atoms with Crippen LogP contribution in [0.2, 0.25) is 0 Å². The molecule has 1 aromatic heterocycles. The number of benzene rings is 1. The van der Waals surface area contributed by atoms with Gasteiger partial charge < -0.3 is 5.32 Å². The van der Waals surface area contributed by atoms with Gasteiger partial charge in [0.25, 0.3) is 0 Å². The van der Waals surface area contributed by atoms with E-state index in [0.29, 0.717) is 5.69 Å². The summed E-state index contributed by atoms with van der Waals surface area (Å²) in [5, 5.41) is 2.61. The highest BCUT2D eigenvalue weighted by atomic mass is 16.2. The molecule has 0 aliphatic carbocycles. The highest BCUT2D eigenvalue weighted by Crippen LogP contribution is 2.28. The fourth-order valence-corrected chi connectivity index (χ4v) is 2.25. The Balaban J connectivity index is 2.07. The van der Waals surface area contributed by atoms with Crippen molar-refractivity contribution in [1.29, 1.82) is 0 Å². The largest absolute Gasteiger partial charge is 0.345 e. The molecule has 3 rings (SSSR count). The summed E-state index contributed by atoms with van der Waals surface area (Å²) in [7, 11) is 0. The van der Waals surface area contributed by atoms with Crippen molar-refractivity contribution < 1.29 is 9.59 Å². The summed E-state index contributed by atoms with van der Waals surface area (Å²) in [4.78, 5) is 33.6. The maximum atomic E-state index is 12.2. The van der Waals surface area contributed by atoms with Gasteiger partial charge in [0, 0.05) is 0 Å². The van der Waals surface area contributed by atoms with E-state index < -0.39 is 6.04 Å². The molecular weight excluding hydrogens is 256 g/mol. The highest BCUT2D eigenvalue weighted by molar-refractivity contribution is 6.06. The Morgan fingerprint density at radius 1 is 1.10 bits per heavy atom. The molecule has 1 aromatic carbocycles. The SMILES string of the molecule is O=C1NCC(=O)N(c2cncnc2)C1c1ccccc1. The van der Waals surface area contributed by atoms with Crippen molar-refractivity contribution in [3.8, 4) is 0 Å². The van der Waals surface area contributed by atoms with Gasteiger partial charge in [-0.25, -0.2) is 9.97 Å². The highest BCUT2D eigenvalue weighted by Gasteiger charge is 2.36. The van der Waals surface area contributed by atoms with Gasteiger partial charge in [0.1, 0.15) is 12.4 Å². The van der Waals surface area contributed by atoms with Crippen LogP contribution in [-0.2, 0) is 9.59 Å². The van der Waals surface area contributed by atoms with Gasteiger partial charge in [0.15, 0.2) is 0 Å². The van der Waals surface area contributed by atoms with Crippen LogP contribution in [0.25, 0.3) is 0 Å². The van der Waals surface area contributed by atoms with E-state index in [1.807, 2.05) is 30.3 Å². The zero-order chi connectivity index (χ0) is 13.9. The Bertz CT molecular complexity index is 573. The average molecular weight is 268 g/mol. The molecule has 0 radical (unpaired) electrons. The monoisotopic (exact) mass is 268 g/mol. The molecule has 1 unspecified atom stereocenters. The first-order valence-electron chi connectivity index (χ1n) is 6.17. The minimum Gasteiger partial charge on any atom is -0.345 e. The number of nitrogens with one attached hydrogen (secondary N) is 1. The lowest BCUT2D eigenvalue weighted by atomic mass is 10.0. The molecule has 2 aromatic rings. The normalized spacial score (nSPS) is 18.8. The van der Waals surface area contributed by atoms with Crippen LogP contribution >= 0.6 is 0 Å². The van der Waals surface area contributed by atoms with Crippen LogP contribution in [0.3, 0.4) is 0 Å². The second kappa shape index (κ2) is 5.08. The predicted octanol–water partition coefficient (Wildman–Crippen LogP) is 0.681. The quantitative estimate of drug-likeness (QED) is 0.869. The van der Waals surface area contributed by atoms with Crippen LogP contribution in [0, 0.1) is 0 Å². The Hall–Kier alpha value is -2.76. The number of piperazine rings is 1. The maximum absolute atomic E-state index is 12.2. The zero-order valence-electron chi connectivity index (χ0n) is 10.6. The summed E-state index contributed by atoms with van der Waals surface area (Å²) >= 11 is 0. The number of rotatable bonds is 2. The van der Waals surface area contributed by atoms with Crippen molar-refractivity contribution in [1.82, 2.24) is 15.3 Å². The van der Waals surface area contributed by atoms with Gasteiger partial charge in [0.05, 0.1) is 24.6 Å². The standard InChI is InChI=1S/C14H12N4O2/c19-12-8-17-14(20)13(10-4-2-1-3-5-10)18(12)11-6-15-9-16-7-11/h1-7,9,13H,8H2,(H,17,20). The van der Waals surface area contributed by atoms with Crippen molar-refractivity contribution in [2.24, 2.45) is 0 Å². The fraction of sp³-hybridized carbons (Fsp3) is 0.143. The van der Waals surface area contributed by atoms with Crippen LogP contribution < -0.4 is 10.2 Å². The van der Waals surface area contributed by atoms with Gasteiger partial charge in [-0.15, -0.1) is 0 Å². The van der Waals surface area contributed by atoms with E-state index in [9.17, 15) is 9.59 Å². The number of nitrogens with zero attached hydrogens (tertiary/aromatic N) is 3. The molecule has 1 aliphatic rings. The third-order valence-corrected chi connectivity index (χ3v) is 3.13. The predicted molar refractivity (Wildman–Crippen MR) is 71.7 cm³/mol. The number of carbonyl (C=O) groups is 2. The maximum Gasteiger partial charge on any atom is 0.248 e. The summed E-state index contributed by atoms with van der Waals surface area (Å²) < 4.78 is 0. The molecule has 1 N–H and O–H groups in total. The van der Waals surface area contributed by atoms with E-state index in [1.165, 1.54) is 23.6 Å². The van der Waals surface area contributed by atoms with Crippen LogP contribution in [0.1, 0.15) is 11.6 Å². The molecule has 20 heavy (non-hydrogen) atoms. The molecular formula is C14H12N4O2. The average Bonchev–Trinajstić information content (AvgIpc) is 2.51. The van der Waals surface area contributed by atoms with Gasteiger partial charge in [0.2, 0.25) is 11.8 Å². The summed E-state index contributed by atoms with van der Waals surface area (Å²) in [5.41, 5.74) is 1.27. The molecule has 2 heterocycles. The molecule has 1 saturated heterocycles. The molecule has 100 valence electrons. The zero-order valence-corrected chi connectivity index (χ0v) is 10.6. The second-order valence-electron chi connectivity index (χ2n) is 4.39. The van der Waals surface area contributed by atoms with E-state index in [-0.39, 0.29) is 18.4 Å². The molecule has 1 fully saturated rings. The third kappa shape index (κ3) is 2.11. The summed E-state index contributed by atoms with van der Waals surface area (Å²) in [5.74, 6) is -0.395. The Labute approximate surface area is 115 Å². The molecule has 0 saturated carbocycles. The minimum atomic E-state index is -0.691. The number of carbonyl (C=O) groups excluding carboxylic acids is 2. The molecule has 6 nitrogen and oxygen atoms in total. The first kappa shape index (κ1) is 12.3. The fourth-order valence-electron chi connectivity index (χ4n) is 2.25. The van der Waals surface area contributed by atoms with Crippen LogP contribution in [0.15, 0.2) is 49.1 Å². The van der Waals surface area contributed by atoms with Crippen molar-refractivity contribution in [3.63, 3.8) is 0 Å².